The molecule has 2 aliphatic heterocycles. The maximum atomic E-state index is 13.1. The summed E-state index contributed by atoms with van der Waals surface area (Å²) in [6.45, 7) is 8.39. The number of nitrogens with zero attached hydrogens (tertiary/aromatic N) is 5. The van der Waals surface area contributed by atoms with Crippen molar-refractivity contribution in [2.75, 3.05) is 52.9 Å². The third-order valence-corrected chi connectivity index (χ3v) is 6.93. The Labute approximate surface area is 207 Å². The van der Waals surface area contributed by atoms with E-state index in [4.69, 9.17) is 4.74 Å². The van der Waals surface area contributed by atoms with Gasteiger partial charge in [0.05, 0.1) is 13.7 Å². The molecule has 2 aliphatic rings. The van der Waals surface area contributed by atoms with Crippen LogP contribution in [-0.2, 0) is 9.59 Å². The van der Waals surface area contributed by atoms with Crippen molar-refractivity contribution >= 4 is 17.9 Å². The minimum Gasteiger partial charge on any atom is -0.497 e. The molecule has 1 aromatic carbocycles. The van der Waals surface area contributed by atoms with E-state index in [0.29, 0.717) is 32.7 Å². The molecule has 8 heteroatoms. The Balaban J connectivity index is 1.43. The fraction of sp³-hybridized carbons (Fsp3) is 0.444. The highest BCUT2D eigenvalue weighted by Gasteiger charge is 2.27. The van der Waals surface area contributed by atoms with Crippen LogP contribution in [0.5, 0.6) is 5.75 Å². The van der Waals surface area contributed by atoms with Crippen molar-refractivity contribution in [2.45, 2.75) is 26.7 Å². The molecule has 0 radical (unpaired) electrons. The third kappa shape index (κ3) is 5.41. The number of carbonyl (C=O) groups excluding carboxylic acids is 2. The highest BCUT2D eigenvalue weighted by Crippen LogP contribution is 2.25. The van der Waals surface area contributed by atoms with Crippen molar-refractivity contribution in [1.82, 2.24) is 19.3 Å². The van der Waals surface area contributed by atoms with Crippen molar-refractivity contribution < 1.29 is 14.3 Å². The lowest BCUT2D eigenvalue weighted by Crippen LogP contribution is -2.51. The van der Waals surface area contributed by atoms with E-state index in [2.05, 4.69) is 15.5 Å². The quantitative estimate of drug-likeness (QED) is 0.474. The molecule has 3 heterocycles. The number of methoxy groups -OCH3 is 1. The molecule has 35 heavy (non-hydrogen) atoms. The first kappa shape index (κ1) is 24.6. The van der Waals surface area contributed by atoms with Gasteiger partial charge in [-0.3, -0.25) is 14.5 Å². The Bertz CT molecular complexity index is 1140. The number of amides is 2. The molecule has 1 aromatic heterocycles. The first-order valence-corrected chi connectivity index (χ1v) is 12.2. The molecule has 2 fully saturated rings. The van der Waals surface area contributed by atoms with Crippen LogP contribution in [0.2, 0.25) is 0 Å². The SMILES string of the molecule is COc1ccc(-n2c(C)cc(/C=C(/C#N)C(=O)N3CCN(CC(=O)N4CCCC4)CC3)c2C)cc1. The van der Waals surface area contributed by atoms with Crippen molar-refractivity contribution in [3.05, 3.63) is 52.9 Å². The average Bonchev–Trinajstić information content (AvgIpc) is 3.51. The third-order valence-electron chi connectivity index (χ3n) is 6.93. The number of hydrogen-bond donors (Lipinski definition) is 0. The van der Waals surface area contributed by atoms with Crippen LogP contribution in [0.15, 0.2) is 35.9 Å². The maximum Gasteiger partial charge on any atom is 0.264 e. The minimum atomic E-state index is -0.257. The Morgan fingerprint density at radius 3 is 2.26 bits per heavy atom. The molecule has 0 unspecified atom stereocenters. The normalized spacial score (nSPS) is 16.9. The largest absolute Gasteiger partial charge is 0.497 e. The second kappa shape index (κ2) is 10.8. The van der Waals surface area contributed by atoms with E-state index >= 15 is 0 Å². The molecule has 4 rings (SSSR count). The minimum absolute atomic E-state index is 0.126. The fourth-order valence-corrected chi connectivity index (χ4v) is 4.90. The number of ether oxygens (including phenoxy) is 1. The number of carbonyl (C=O) groups is 2. The van der Waals surface area contributed by atoms with E-state index in [1.54, 1.807) is 18.1 Å². The predicted molar refractivity (Wildman–Crippen MR) is 134 cm³/mol. The van der Waals surface area contributed by atoms with Crippen molar-refractivity contribution in [2.24, 2.45) is 0 Å². The first-order valence-electron chi connectivity index (χ1n) is 12.2. The van der Waals surface area contributed by atoms with Gasteiger partial charge >= 0.3 is 0 Å². The smallest absolute Gasteiger partial charge is 0.264 e. The van der Waals surface area contributed by atoms with Gasteiger partial charge in [-0.15, -0.1) is 0 Å². The molecule has 0 spiro atoms. The number of aromatic nitrogens is 1. The average molecular weight is 476 g/mol. The van der Waals surface area contributed by atoms with E-state index in [1.165, 1.54) is 0 Å². The van der Waals surface area contributed by atoms with Gasteiger partial charge in [0, 0.05) is 56.3 Å². The van der Waals surface area contributed by atoms with Gasteiger partial charge in [-0.05, 0) is 68.7 Å². The summed E-state index contributed by atoms with van der Waals surface area (Å²) in [7, 11) is 1.64. The van der Waals surface area contributed by atoms with Crippen LogP contribution in [0.1, 0.15) is 29.8 Å². The Morgan fingerprint density at radius 1 is 1.00 bits per heavy atom. The summed E-state index contributed by atoms with van der Waals surface area (Å²) in [4.78, 5) is 31.3. The van der Waals surface area contributed by atoms with Crippen LogP contribution in [0.3, 0.4) is 0 Å². The van der Waals surface area contributed by atoms with Crippen LogP contribution < -0.4 is 4.74 Å². The second-order valence-electron chi connectivity index (χ2n) is 9.19. The molecule has 0 saturated carbocycles. The summed E-state index contributed by atoms with van der Waals surface area (Å²) >= 11 is 0. The molecule has 0 bridgehead atoms. The number of rotatable bonds is 6. The van der Waals surface area contributed by atoms with E-state index in [-0.39, 0.29) is 17.4 Å². The van der Waals surface area contributed by atoms with Crippen molar-refractivity contribution in [3.8, 4) is 17.5 Å². The lowest BCUT2D eigenvalue weighted by molar-refractivity contribution is -0.132. The van der Waals surface area contributed by atoms with Crippen LogP contribution in [-0.4, -0.2) is 84.0 Å². The van der Waals surface area contributed by atoms with E-state index in [9.17, 15) is 14.9 Å². The summed E-state index contributed by atoms with van der Waals surface area (Å²) in [5, 5.41) is 9.78. The molecular weight excluding hydrogens is 442 g/mol. The van der Waals surface area contributed by atoms with Crippen molar-refractivity contribution in [3.63, 3.8) is 0 Å². The Morgan fingerprint density at radius 2 is 1.66 bits per heavy atom. The molecule has 8 nitrogen and oxygen atoms in total. The zero-order chi connectivity index (χ0) is 24.9. The van der Waals surface area contributed by atoms with Gasteiger partial charge in [0.2, 0.25) is 5.91 Å². The number of likely N-dealkylation sites (tertiary alicyclic amines) is 1. The van der Waals surface area contributed by atoms with Gasteiger partial charge in [0.25, 0.3) is 5.91 Å². The summed E-state index contributed by atoms with van der Waals surface area (Å²) in [6.07, 6.45) is 3.85. The Hall–Kier alpha value is -3.57. The number of benzene rings is 1. The summed E-state index contributed by atoms with van der Waals surface area (Å²) in [5.41, 5.74) is 3.93. The molecular formula is C27H33N5O3. The molecule has 0 aliphatic carbocycles. The van der Waals surface area contributed by atoms with E-state index in [1.807, 2.05) is 49.1 Å². The molecule has 2 saturated heterocycles. The zero-order valence-electron chi connectivity index (χ0n) is 20.8. The molecule has 0 atom stereocenters. The number of piperazine rings is 1. The summed E-state index contributed by atoms with van der Waals surface area (Å²) < 4.78 is 7.35. The van der Waals surface area contributed by atoms with Crippen LogP contribution in [0.25, 0.3) is 11.8 Å². The monoisotopic (exact) mass is 475 g/mol. The topological polar surface area (TPSA) is 81.8 Å². The maximum absolute atomic E-state index is 13.1. The summed E-state index contributed by atoms with van der Waals surface area (Å²) in [5.74, 6) is 0.702. The molecule has 2 aromatic rings. The standard InChI is InChI=1S/C27H33N5O3/c1-20-16-22(21(2)32(20)24-6-8-25(35-3)9-7-24)17-23(18-28)27(34)31-14-12-29(13-15-31)19-26(33)30-10-4-5-11-30/h6-9,16-17H,4-5,10-15,19H2,1-3H3/b23-17-. The van der Waals surface area contributed by atoms with Gasteiger partial charge in [-0.2, -0.15) is 5.26 Å². The lowest BCUT2D eigenvalue weighted by atomic mass is 10.1. The number of nitriles is 1. The van der Waals surface area contributed by atoms with Gasteiger partial charge in [0.15, 0.2) is 0 Å². The van der Waals surface area contributed by atoms with Crippen LogP contribution >= 0.6 is 0 Å². The highest BCUT2D eigenvalue weighted by molar-refractivity contribution is 6.02. The van der Waals surface area contributed by atoms with E-state index in [0.717, 1.165) is 54.3 Å². The number of aryl methyl sites for hydroxylation is 1. The van der Waals surface area contributed by atoms with Crippen molar-refractivity contribution in [1.29, 1.82) is 5.26 Å². The molecule has 184 valence electrons. The van der Waals surface area contributed by atoms with Gasteiger partial charge in [-0.25, -0.2) is 0 Å². The fourth-order valence-electron chi connectivity index (χ4n) is 4.90. The molecule has 2 amide bonds. The first-order chi connectivity index (χ1) is 16.9. The van der Waals surface area contributed by atoms with Crippen LogP contribution in [0, 0.1) is 25.2 Å². The predicted octanol–water partition coefficient (Wildman–Crippen LogP) is 2.78. The molecule has 0 N–H and O–H groups in total. The Kier molecular flexibility index (Phi) is 7.57. The lowest BCUT2D eigenvalue weighted by Gasteiger charge is -2.34. The second-order valence-corrected chi connectivity index (χ2v) is 9.19. The van der Waals surface area contributed by atoms with Crippen LogP contribution in [0.4, 0.5) is 0 Å². The van der Waals surface area contributed by atoms with Gasteiger partial charge in [0.1, 0.15) is 17.4 Å². The zero-order valence-corrected chi connectivity index (χ0v) is 20.8. The van der Waals surface area contributed by atoms with E-state index < -0.39 is 0 Å². The highest BCUT2D eigenvalue weighted by atomic mass is 16.5. The van der Waals surface area contributed by atoms with Gasteiger partial charge < -0.3 is 19.1 Å². The summed E-state index contributed by atoms with van der Waals surface area (Å²) in [6, 6.07) is 11.9. The van der Waals surface area contributed by atoms with Gasteiger partial charge in [-0.1, -0.05) is 0 Å². The number of hydrogen-bond acceptors (Lipinski definition) is 5.